The number of halogens is 10. The average Bonchev–Trinajstić information content (AvgIpc) is 2.60. The highest BCUT2D eigenvalue weighted by Crippen LogP contribution is 2.51. The predicted octanol–water partition coefficient (Wildman–Crippen LogP) is 8.07. The molecule has 2 nitrogen and oxygen atoms in total. The number of hydrogen-bond acceptors (Lipinski definition) is 2. The molecule has 0 amide bonds. The zero-order chi connectivity index (χ0) is 22.5. The highest BCUT2D eigenvalue weighted by atomic mass is 79.9. The van der Waals surface area contributed by atoms with E-state index in [2.05, 4.69) is 26.2 Å². The van der Waals surface area contributed by atoms with Crippen LogP contribution in [0.1, 0.15) is 11.3 Å². The van der Waals surface area contributed by atoms with Crippen LogP contribution >= 0.6 is 27.5 Å². The Morgan fingerprint density at radius 1 is 0.900 bits per heavy atom. The van der Waals surface area contributed by atoms with Crippen LogP contribution in [0, 0.1) is 0 Å². The van der Waals surface area contributed by atoms with Crippen LogP contribution in [0.2, 0.25) is 5.02 Å². The molecule has 0 fully saturated rings. The molecule has 2 aromatic carbocycles. The second-order valence-corrected chi connectivity index (χ2v) is 7.37. The number of pyridine rings is 1. The third kappa shape index (κ3) is 4.04. The molecule has 3 aromatic rings. The van der Waals surface area contributed by atoms with Crippen LogP contribution in [0.5, 0.6) is 0 Å². The molecule has 0 saturated carbocycles. The van der Waals surface area contributed by atoms with Crippen molar-refractivity contribution in [2.45, 2.75) is 18.3 Å². The second-order valence-electron chi connectivity index (χ2n) is 6.05. The van der Waals surface area contributed by atoms with Gasteiger partial charge in [0.2, 0.25) is 0 Å². The van der Waals surface area contributed by atoms with Gasteiger partial charge in [0.25, 0.3) is 0 Å². The van der Waals surface area contributed by atoms with Gasteiger partial charge in [-0.2, -0.15) is 35.1 Å². The van der Waals surface area contributed by atoms with E-state index in [0.29, 0.717) is 4.47 Å². The number of nitrogens with one attached hydrogen (secondary N) is 1. The van der Waals surface area contributed by atoms with Crippen molar-refractivity contribution in [2.75, 3.05) is 5.32 Å². The summed E-state index contributed by atoms with van der Waals surface area (Å²) in [5, 5.41) is 1.54. The lowest BCUT2D eigenvalue weighted by atomic mass is 10.0. The molecule has 0 radical (unpaired) electrons. The van der Waals surface area contributed by atoms with Crippen LogP contribution in [0.15, 0.2) is 46.9 Å². The maximum atomic E-state index is 14.1. The molecule has 12 heteroatoms. The first-order valence-corrected chi connectivity index (χ1v) is 9.07. The Bertz CT molecular complexity index is 1110. The largest absolute Gasteiger partial charge is 0.459 e. The smallest absolute Gasteiger partial charge is 0.354 e. The lowest BCUT2D eigenvalue weighted by Gasteiger charge is -2.26. The Morgan fingerprint density at radius 3 is 2.10 bits per heavy atom. The number of benzene rings is 2. The number of alkyl halides is 8. The molecule has 0 aliphatic rings. The fraction of sp³-hybridized carbons (Fsp3) is 0.167. The number of rotatable bonds is 3. The topological polar surface area (TPSA) is 24.9 Å². The van der Waals surface area contributed by atoms with E-state index in [1.165, 1.54) is 24.3 Å². The molecule has 3 rings (SSSR count). The van der Waals surface area contributed by atoms with E-state index in [4.69, 9.17) is 11.6 Å². The number of nitrogens with zero attached hydrogens (tertiary/aromatic N) is 1. The molecule has 1 heterocycles. The molecule has 0 spiro atoms. The monoisotopic (exact) mass is 518 g/mol. The standard InChI is InChI=1S/C18H8BrClF8N2/c19-8-3-1-4-9(7-8)29-14-10-5-2-6-11(20)13(10)30-15(12(14)17(23,24)25)16(21,22)18(26,27)28/h1-7H,(H,29,30). The second kappa shape index (κ2) is 7.52. The van der Waals surface area contributed by atoms with Crippen molar-refractivity contribution < 1.29 is 35.1 Å². The number of hydrogen-bond donors (Lipinski definition) is 1. The Labute approximate surface area is 177 Å². The molecule has 160 valence electrons. The normalized spacial score (nSPS) is 13.0. The fourth-order valence-corrected chi connectivity index (χ4v) is 3.35. The highest BCUT2D eigenvalue weighted by molar-refractivity contribution is 9.10. The molecule has 0 saturated heterocycles. The number of para-hydroxylation sites is 1. The summed E-state index contributed by atoms with van der Waals surface area (Å²) in [6.45, 7) is 0. The SMILES string of the molecule is FC(F)(F)c1c(C(F)(F)C(F)(F)F)nc2c(Cl)cccc2c1Nc1cccc(Br)c1. The summed E-state index contributed by atoms with van der Waals surface area (Å²) in [5.74, 6) is -5.89. The summed E-state index contributed by atoms with van der Waals surface area (Å²) in [6, 6.07) is 9.02. The number of anilines is 2. The van der Waals surface area contributed by atoms with Gasteiger partial charge in [-0.1, -0.05) is 45.7 Å². The van der Waals surface area contributed by atoms with Crippen molar-refractivity contribution in [1.29, 1.82) is 0 Å². The van der Waals surface area contributed by atoms with E-state index in [1.807, 2.05) is 0 Å². The van der Waals surface area contributed by atoms with Gasteiger partial charge >= 0.3 is 18.3 Å². The first kappa shape index (κ1) is 22.5. The van der Waals surface area contributed by atoms with E-state index in [0.717, 1.165) is 12.1 Å². The van der Waals surface area contributed by atoms with Crippen molar-refractivity contribution in [3.63, 3.8) is 0 Å². The van der Waals surface area contributed by atoms with Gasteiger partial charge in [0.1, 0.15) is 11.3 Å². The summed E-state index contributed by atoms with van der Waals surface area (Å²) < 4.78 is 109. The summed E-state index contributed by atoms with van der Waals surface area (Å²) in [5.41, 5.74) is -6.38. The molecule has 0 atom stereocenters. The minimum absolute atomic E-state index is 0.00336. The van der Waals surface area contributed by atoms with Crippen LogP contribution in [-0.2, 0) is 12.1 Å². The van der Waals surface area contributed by atoms with E-state index in [9.17, 15) is 35.1 Å². The van der Waals surface area contributed by atoms with E-state index >= 15 is 0 Å². The minimum Gasteiger partial charge on any atom is -0.354 e. The minimum atomic E-state index is -6.32. The van der Waals surface area contributed by atoms with E-state index in [-0.39, 0.29) is 11.1 Å². The van der Waals surface area contributed by atoms with Crippen LogP contribution in [0.25, 0.3) is 10.9 Å². The summed E-state index contributed by atoms with van der Waals surface area (Å²) >= 11 is 8.96. The van der Waals surface area contributed by atoms with Crippen LogP contribution in [0.4, 0.5) is 46.5 Å². The number of aromatic nitrogens is 1. The van der Waals surface area contributed by atoms with Crippen LogP contribution < -0.4 is 5.32 Å². The van der Waals surface area contributed by atoms with Crippen LogP contribution in [0.3, 0.4) is 0 Å². The lowest BCUT2D eigenvalue weighted by Crippen LogP contribution is -2.37. The Kier molecular flexibility index (Phi) is 5.65. The molecular weight excluding hydrogens is 512 g/mol. The third-order valence-corrected chi connectivity index (χ3v) is 4.80. The van der Waals surface area contributed by atoms with Gasteiger partial charge in [-0.25, -0.2) is 4.98 Å². The zero-order valence-corrected chi connectivity index (χ0v) is 16.6. The average molecular weight is 520 g/mol. The Hall–Kier alpha value is -2.14. The number of fused-ring (bicyclic) bond motifs is 1. The first-order chi connectivity index (χ1) is 13.7. The molecule has 0 bridgehead atoms. The van der Waals surface area contributed by atoms with Gasteiger partial charge in [0.05, 0.1) is 16.2 Å². The quantitative estimate of drug-likeness (QED) is 0.354. The van der Waals surface area contributed by atoms with Crippen molar-refractivity contribution in [3.05, 3.63) is 63.2 Å². The molecule has 1 aromatic heterocycles. The highest BCUT2D eigenvalue weighted by Gasteiger charge is 2.63. The molecular formula is C18H8BrClF8N2. The molecule has 0 aliphatic heterocycles. The molecule has 0 unspecified atom stereocenters. The molecule has 1 N–H and O–H groups in total. The summed E-state index contributed by atoms with van der Waals surface area (Å²) in [6.07, 6.45) is -11.9. The van der Waals surface area contributed by atoms with Crippen molar-refractivity contribution in [2.24, 2.45) is 0 Å². The van der Waals surface area contributed by atoms with E-state index in [1.54, 1.807) is 6.07 Å². The fourth-order valence-electron chi connectivity index (χ4n) is 2.73. The maximum absolute atomic E-state index is 14.1. The van der Waals surface area contributed by atoms with Gasteiger partial charge in [0, 0.05) is 15.5 Å². The van der Waals surface area contributed by atoms with Gasteiger partial charge in [-0.05, 0) is 24.3 Å². The van der Waals surface area contributed by atoms with Crippen molar-refractivity contribution in [1.82, 2.24) is 4.98 Å². The maximum Gasteiger partial charge on any atom is 0.459 e. The summed E-state index contributed by atoms with van der Waals surface area (Å²) in [4.78, 5) is 3.03. The van der Waals surface area contributed by atoms with Gasteiger partial charge < -0.3 is 5.32 Å². The zero-order valence-electron chi connectivity index (χ0n) is 14.3. The van der Waals surface area contributed by atoms with Crippen LogP contribution in [-0.4, -0.2) is 11.2 Å². The van der Waals surface area contributed by atoms with Gasteiger partial charge in [0.15, 0.2) is 0 Å². The third-order valence-electron chi connectivity index (χ3n) is 4.00. The van der Waals surface area contributed by atoms with E-state index < -0.39 is 45.8 Å². The molecule has 0 aliphatic carbocycles. The Balaban J connectivity index is 2.46. The first-order valence-electron chi connectivity index (χ1n) is 7.90. The Morgan fingerprint density at radius 2 is 1.53 bits per heavy atom. The van der Waals surface area contributed by atoms with Gasteiger partial charge in [-0.15, -0.1) is 0 Å². The van der Waals surface area contributed by atoms with Crippen molar-refractivity contribution >= 4 is 49.8 Å². The molecule has 30 heavy (non-hydrogen) atoms. The summed E-state index contributed by atoms with van der Waals surface area (Å²) in [7, 11) is 0. The van der Waals surface area contributed by atoms with Gasteiger partial charge in [-0.3, -0.25) is 0 Å². The lowest BCUT2D eigenvalue weighted by molar-refractivity contribution is -0.292. The van der Waals surface area contributed by atoms with Crippen molar-refractivity contribution in [3.8, 4) is 0 Å². The predicted molar refractivity (Wildman–Crippen MR) is 99.1 cm³/mol.